The molecule has 0 aromatic carbocycles. The van der Waals surface area contributed by atoms with Crippen molar-refractivity contribution in [3.8, 4) is 0 Å². The van der Waals surface area contributed by atoms with E-state index in [0.29, 0.717) is 0 Å². The second kappa shape index (κ2) is 8.39. The van der Waals surface area contributed by atoms with Gasteiger partial charge in [-0.1, -0.05) is 0 Å². The second-order valence-corrected chi connectivity index (χ2v) is 6.63. The average Bonchev–Trinajstić information content (AvgIpc) is 2.56. The Labute approximate surface area is 134 Å². The van der Waals surface area contributed by atoms with Crippen molar-refractivity contribution in [1.29, 1.82) is 0 Å². The summed E-state index contributed by atoms with van der Waals surface area (Å²) in [7, 11) is 0. The number of rotatable bonds is 5. The van der Waals surface area contributed by atoms with Gasteiger partial charge in [0.1, 0.15) is 0 Å². The molecule has 3 aliphatic rings. The van der Waals surface area contributed by atoms with Crippen LogP contribution in [0.4, 0.5) is 0 Å². The lowest BCUT2D eigenvalue weighted by Crippen LogP contribution is -2.45. The van der Waals surface area contributed by atoms with Gasteiger partial charge in [-0.25, -0.2) is 0 Å². The molecule has 1 spiro atoms. The first-order chi connectivity index (χ1) is 10.9. The van der Waals surface area contributed by atoms with Crippen LogP contribution in [0.25, 0.3) is 0 Å². The zero-order chi connectivity index (χ0) is 15.1. The fraction of sp³-hybridized carbons (Fsp3) is 0.941. The number of hydrogen-bond acceptors (Lipinski definition) is 5. The number of nitrogens with zero attached hydrogens (tertiary/aromatic N) is 2. The lowest BCUT2D eigenvalue weighted by atomic mass is 9.95. The summed E-state index contributed by atoms with van der Waals surface area (Å²) in [5.74, 6) is -0.291. The summed E-state index contributed by atoms with van der Waals surface area (Å²) in [4.78, 5) is 7.05. The van der Waals surface area contributed by atoms with Crippen LogP contribution in [0.1, 0.15) is 44.9 Å². The highest BCUT2D eigenvalue weighted by atomic mass is 16.7. The first-order valence-electron chi connectivity index (χ1n) is 8.98. The molecule has 3 heterocycles. The standard InChI is InChI=1S/C17H30N2O3/c1-2-12-21-17(6-1)7-3-5-16(22-17)15-18-8-4-9-19-10-13-20-14-11-19/h15-16H,1-14H2/t16-,17-/m0/s1. The third kappa shape index (κ3) is 4.75. The Balaban J connectivity index is 1.35. The van der Waals surface area contributed by atoms with Crippen molar-refractivity contribution >= 4 is 6.21 Å². The largest absolute Gasteiger partial charge is 0.379 e. The van der Waals surface area contributed by atoms with Crippen molar-refractivity contribution in [2.75, 3.05) is 46.0 Å². The topological polar surface area (TPSA) is 43.3 Å². The van der Waals surface area contributed by atoms with Crippen LogP contribution in [0.5, 0.6) is 0 Å². The Morgan fingerprint density at radius 2 is 1.95 bits per heavy atom. The molecule has 0 aromatic heterocycles. The van der Waals surface area contributed by atoms with E-state index in [2.05, 4.69) is 9.89 Å². The monoisotopic (exact) mass is 310 g/mol. The predicted molar refractivity (Wildman–Crippen MR) is 86.5 cm³/mol. The minimum absolute atomic E-state index is 0.148. The van der Waals surface area contributed by atoms with E-state index in [1.807, 2.05) is 6.21 Å². The van der Waals surface area contributed by atoms with Gasteiger partial charge in [0.05, 0.1) is 25.9 Å². The van der Waals surface area contributed by atoms with Gasteiger partial charge in [0.25, 0.3) is 0 Å². The summed E-state index contributed by atoms with van der Waals surface area (Å²) in [5.41, 5.74) is 0. The fourth-order valence-corrected chi connectivity index (χ4v) is 3.59. The van der Waals surface area contributed by atoms with Gasteiger partial charge in [0, 0.05) is 45.2 Å². The molecule has 5 heteroatoms. The second-order valence-electron chi connectivity index (χ2n) is 6.63. The van der Waals surface area contributed by atoms with E-state index in [-0.39, 0.29) is 11.9 Å². The van der Waals surface area contributed by atoms with Crippen molar-refractivity contribution < 1.29 is 14.2 Å². The van der Waals surface area contributed by atoms with Crippen LogP contribution in [0, 0.1) is 0 Å². The molecule has 0 amide bonds. The molecule has 0 saturated carbocycles. The highest BCUT2D eigenvalue weighted by Crippen LogP contribution is 2.36. The maximum atomic E-state index is 6.21. The predicted octanol–water partition coefficient (Wildman–Crippen LogP) is 2.25. The van der Waals surface area contributed by atoms with Crippen molar-refractivity contribution in [2.24, 2.45) is 4.99 Å². The van der Waals surface area contributed by atoms with E-state index in [9.17, 15) is 0 Å². The van der Waals surface area contributed by atoms with Crippen LogP contribution in [-0.4, -0.2) is 69.0 Å². The van der Waals surface area contributed by atoms with Gasteiger partial charge < -0.3 is 14.2 Å². The van der Waals surface area contributed by atoms with Gasteiger partial charge in [0.15, 0.2) is 5.79 Å². The number of aliphatic imine (C=N–C) groups is 1. The molecule has 22 heavy (non-hydrogen) atoms. The van der Waals surface area contributed by atoms with Crippen molar-refractivity contribution in [3.63, 3.8) is 0 Å². The van der Waals surface area contributed by atoms with Crippen LogP contribution >= 0.6 is 0 Å². The molecule has 0 bridgehead atoms. The van der Waals surface area contributed by atoms with Gasteiger partial charge in [0.2, 0.25) is 0 Å². The number of hydrogen-bond donors (Lipinski definition) is 0. The molecular formula is C17H30N2O3. The summed E-state index contributed by atoms with van der Waals surface area (Å²) < 4.78 is 17.5. The molecule has 0 aromatic rings. The maximum absolute atomic E-state index is 6.21. The maximum Gasteiger partial charge on any atom is 0.169 e. The molecule has 3 aliphatic heterocycles. The summed E-state index contributed by atoms with van der Waals surface area (Å²) in [6.45, 7) is 6.75. The molecule has 3 rings (SSSR count). The third-order valence-electron chi connectivity index (χ3n) is 4.87. The Hall–Kier alpha value is -0.490. The molecule has 0 aliphatic carbocycles. The molecule has 2 atom stereocenters. The molecule has 0 N–H and O–H groups in total. The van der Waals surface area contributed by atoms with Crippen LogP contribution in [0.15, 0.2) is 4.99 Å². The lowest BCUT2D eigenvalue weighted by Gasteiger charge is -2.42. The summed E-state index contributed by atoms with van der Waals surface area (Å²) in [6.07, 6.45) is 10.1. The lowest BCUT2D eigenvalue weighted by molar-refractivity contribution is -0.282. The SMILES string of the molecule is C(=NCCCN1CCOCC1)[C@@H]1CCC[C@]2(CCCCO2)O1. The zero-order valence-corrected chi connectivity index (χ0v) is 13.7. The quantitative estimate of drug-likeness (QED) is 0.577. The molecule has 126 valence electrons. The minimum Gasteiger partial charge on any atom is -0.379 e. The van der Waals surface area contributed by atoms with Gasteiger partial charge in [-0.2, -0.15) is 0 Å². The fourth-order valence-electron chi connectivity index (χ4n) is 3.59. The molecule has 3 saturated heterocycles. The Morgan fingerprint density at radius 1 is 1.09 bits per heavy atom. The molecular weight excluding hydrogens is 280 g/mol. The van der Waals surface area contributed by atoms with Crippen molar-refractivity contribution in [1.82, 2.24) is 4.90 Å². The average molecular weight is 310 g/mol. The van der Waals surface area contributed by atoms with Crippen LogP contribution < -0.4 is 0 Å². The van der Waals surface area contributed by atoms with Gasteiger partial charge in [-0.3, -0.25) is 9.89 Å². The van der Waals surface area contributed by atoms with Crippen LogP contribution in [0.3, 0.4) is 0 Å². The molecule has 3 fully saturated rings. The van der Waals surface area contributed by atoms with Gasteiger partial charge >= 0.3 is 0 Å². The zero-order valence-electron chi connectivity index (χ0n) is 13.7. The Bertz CT molecular complexity index is 344. The highest BCUT2D eigenvalue weighted by molar-refractivity contribution is 5.63. The van der Waals surface area contributed by atoms with E-state index in [4.69, 9.17) is 14.2 Å². The van der Waals surface area contributed by atoms with E-state index in [1.165, 1.54) is 19.3 Å². The Kier molecular flexibility index (Phi) is 6.24. The van der Waals surface area contributed by atoms with Crippen molar-refractivity contribution in [2.45, 2.75) is 56.8 Å². The highest BCUT2D eigenvalue weighted by Gasteiger charge is 2.39. The minimum atomic E-state index is -0.291. The number of morpholine rings is 1. The third-order valence-corrected chi connectivity index (χ3v) is 4.87. The molecule has 0 unspecified atom stereocenters. The van der Waals surface area contributed by atoms with E-state index < -0.39 is 0 Å². The number of ether oxygens (including phenoxy) is 3. The van der Waals surface area contributed by atoms with E-state index in [0.717, 1.165) is 71.7 Å². The van der Waals surface area contributed by atoms with Gasteiger partial charge in [-0.15, -0.1) is 0 Å². The normalized spacial score (nSPS) is 34.5. The smallest absolute Gasteiger partial charge is 0.169 e. The van der Waals surface area contributed by atoms with E-state index in [1.54, 1.807) is 0 Å². The van der Waals surface area contributed by atoms with Gasteiger partial charge in [-0.05, 0) is 32.1 Å². The molecule has 0 radical (unpaired) electrons. The molecule has 5 nitrogen and oxygen atoms in total. The van der Waals surface area contributed by atoms with Crippen LogP contribution in [-0.2, 0) is 14.2 Å². The summed E-state index contributed by atoms with van der Waals surface area (Å²) in [5, 5.41) is 0. The van der Waals surface area contributed by atoms with E-state index >= 15 is 0 Å². The first-order valence-corrected chi connectivity index (χ1v) is 8.98. The summed E-state index contributed by atoms with van der Waals surface area (Å²) in [6, 6.07) is 0. The van der Waals surface area contributed by atoms with Crippen molar-refractivity contribution in [3.05, 3.63) is 0 Å². The summed E-state index contributed by atoms with van der Waals surface area (Å²) >= 11 is 0. The van der Waals surface area contributed by atoms with Crippen LogP contribution in [0.2, 0.25) is 0 Å². The Morgan fingerprint density at radius 3 is 2.77 bits per heavy atom. The first kappa shape index (κ1) is 16.4.